The molecule has 2 aromatic carbocycles. The molecule has 0 saturated heterocycles. The number of ketones is 1. The van der Waals surface area contributed by atoms with Gasteiger partial charge in [0.15, 0.2) is 0 Å². The minimum atomic E-state index is -0.813. The van der Waals surface area contributed by atoms with E-state index in [2.05, 4.69) is 5.32 Å². The number of primary amides is 1. The molecule has 0 spiro atoms. The van der Waals surface area contributed by atoms with Crippen LogP contribution in [0.4, 0.5) is 0 Å². The summed E-state index contributed by atoms with van der Waals surface area (Å²) >= 11 is 0. The van der Waals surface area contributed by atoms with Gasteiger partial charge in [-0.3, -0.25) is 9.59 Å². The molecule has 0 saturated carbocycles. The van der Waals surface area contributed by atoms with Gasteiger partial charge in [0.05, 0.1) is 6.42 Å². The Bertz CT molecular complexity index is 740. The van der Waals surface area contributed by atoms with E-state index >= 15 is 0 Å². The monoisotopic (exact) mass is 312 g/mol. The number of nitrogens with two attached hydrogens (primary N) is 1. The first-order valence-electron chi connectivity index (χ1n) is 7.51. The minimum absolute atomic E-state index is 0.0416. The topological polar surface area (TPSA) is 89.3 Å². The number of fused-ring (bicyclic) bond motifs is 1. The number of amides is 2. The number of benzene rings is 2. The molecule has 1 atom stereocenters. The summed E-state index contributed by atoms with van der Waals surface area (Å²) in [4.78, 5) is 34.5. The smallest absolute Gasteiger partial charge is 0.240 e. The van der Waals surface area contributed by atoms with Crippen molar-refractivity contribution < 1.29 is 14.4 Å². The van der Waals surface area contributed by atoms with Crippen molar-refractivity contribution in [3.63, 3.8) is 0 Å². The summed E-state index contributed by atoms with van der Waals surface area (Å²) in [5.41, 5.74) is 6.13. The van der Waals surface area contributed by atoms with Crippen LogP contribution < -0.4 is 11.1 Å². The Kier molecular flexibility index (Phi) is 5.46. The minimum Gasteiger partial charge on any atom is -0.368 e. The summed E-state index contributed by atoms with van der Waals surface area (Å²) in [6, 6.07) is 12.9. The van der Waals surface area contributed by atoms with E-state index in [1.54, 1.807) is 0 Å². The lowest BCUT2D eigenvalue weighted by Crippen LogP contribution is -2.45. The van der Waals surface area contributed by atoms with Gasteiger partial charge in [0.25, 0.3) is 0 Å². The second-order valence-corrected chi connectivity index (χ2v) is 5.62. The molecule has 0 heterocycles. The van der Waals surface area contributed by atoms with Crippen molar-refractivity contribution in [1.82, 2.24) is 5.32 Å². The van der Waals surface area contributed by atoms with Gasteiger partial charge in [-0.05, 0) is 29.7 Å². The summed E-state index contributed by atoms with van der Waals surface area (Å²) in [7, 11) is 0. The molecule has 0 unspecified atom stereocenters. The quantitative estimate of drug-likeness (QED) is 0.816. The van der Waals surface area contributed by atoms with Gasteiger partial charge in [0.2, 0.25) is 11.8 Å². The zero-order valence-electron chi connectivity index (χ0n) is 13.0. The lowest BCUT2D eigenvalue weighted by Gasteiger charge is -2.15. The van der Waals surface area contributed by atoms with Crippen LogP contribution in [0.15, 0.2) is 42.5 Å². The molecule has 2 amide bonds. The molecule has 3 N–H and O–H groups in total. The van der Waals surface area contributed by atoms with Gasteiger partial charge in [-0.25, -0.2) is 0 Å². The number of nitrogens with one attached hydrogen (secondary N) is 1. The van der Waals surface area contributed by atoms with Crippen LogP contribution in [-0.4, -0.2) is 23.6 Å². The van der Waals surface area contributed by atoms with Crippen LogP contribution in [0.25, 0.3) is 10.8 Å². The van der Waals surface area contributed by atoms with Crippen molar-refractivity contribution >= 4 is 28.4 Å². The van der Waals surface area contributed by atoms with Crippen molar-refractivity contribution in [2.24, 2.45) is 5.73 Å². The predicted molar refractivity (Wildman–Crippen MR) is 88.7 cm³/mol. The van der Waals surface area contributed by atoms with Crippen molar-refractivity contribution in [3.05, 3.63) is 48.0 Å². The molecule has 0 aliphatic heterocycles. The number of rotatable bonds is 7. The maximum atomic E-state index is 12.1. The van der Waals surface area contributed by atoms with Gasteiger partial charge in [-0.2, -0.15) is 0 Å². The zero-order chi connectivity index (χ0) is 16.8. The number of carbonyl (C=O) groups is 3. The normalized spacial score (nSPS) is 11.9. The summed E-state index contributed by atoms with van der Waals surface area (Å²) < 4.78 is 0. The molecule has 5 heteroatoms. The van der Waals surface area contributed by atoms with E-state index < -0.39 is 11.9 Å². The van der Waals surface area contributed by atoms with Crippen LogP contribution in [0.5, 0.6) is 0 Å². The molecule has 0 fully saturated rings. The summed E-state index contributed by atoms with van der Waals surface area (Å²) in [6.45, 7) is 1.44. The van der Waals surface area contributed by atoms with E-state index in [1.165, 1.54) is 6.92 Å². The van der Waals surface area contributed by atoms with E-state index in [1.807, 2.05) is 42.5 Å². The van der Waals surface area contributed by atoms with Crippen molar-refractivity contribution in [1.29, 1.82) is 0 Å². The van der Waals surface area contributed by atoms with Crippen molar-refractivity contribution in [3.8, 4) is 0 Å². The average molecular weight is 312 g/mol. The van der Waals surface area contributed by atoms with Crippen molar-refractivity contribution in [2.75, 3.05) is 0 Å². The third-order valence-corrected chi connectivity index (χ3v) is 3.64. The fourth-order valence-corrected chi connectivity index (χ4v) is 2.41. The van der Waals surface area contributed by atoms with Crippen LogP contribution in [0, 0.1) is 0 Å². The molecule has 0 aliphatic carbocycles. The molecule has 2 aromatic rings. The highest BCUT2D eigenvalue weighted by Gasteiger charge is 2.18. The highest BCUT2D eigenvalue weighted by molar-refractivity contribution is 5.89. The Morgan fingerprint density at radius 1 is 1.09 bits per heavy atom. The van der Waals surface area contributed by atoms with Gasteiger partial charge >= 0.3 is 0 Å². The van der Waals surface area contributed by atoms with Crippen molar-refractivity contribution in [2.45, 2.75) is 32.2 Å². The van der Waals surface area contributed by atoms with Crippen LogP contribution in [0.2, 0.25) is 0 Å². The van der Waals surface area contributed by atoms with Gasteiger partial charge < -0.3 is 15.8 Å². The van der Waals surface area contributed by atoms with E-state index in [9.17, 15) is 14.4 Å². The van der Waals surface area contributed by atoms with E-state index in [0.29, 0.717) is 0 Å². The molecule has 0 aliphatic rings. The number of Topliss-reactive ketones (excluding diaryl/α,β-unsaturated/α-hetero) is 1. The average Bonchev–Trinajstić information content (AvgIpc) is 2.50. The molecule has 23 heavy (non-hydrogen) atoms. The highest BCUT2D eigenvalue weighted by atomic mass is 16.2. The fraction of sp³-hybridized carbons (Fsp3) is 0.278. The zero-order valence-corrected chi connectivity index (χ0v) is 13.0. The third kappa shape index (κ3) is 4.92. The molecule has 2 rings (SSSR count). The molecule has 120 valence electrons. The van der Waals surface area contributed by atoms with Gasteiger partial charge in [-0.1, -0.05) is 42.5 Å². The largest absolute Gasteiger partial charge is 0.368 e. The fourth-order valence-electron chi connectivity index (χ4n) is 2.41. The van der Waals surface area contributed by atoms with Crippen LogP contribution >= 0.6 is 0 Å². The first kappa shape index (κ1) is 16.7. The first-order chi connectivity index (χ1) is 11.0. The lowest BCUT2D eigenvalue weighted by molar-refractivity contribution is -0.127. The summed E-state index contributed by atoms with van der Waals surface area (Å²) in [6.07, 6.45) is 0.604. The maximum absolute atomic E-state index is 12.1. The standard InChI is InChI=1S/C18H20N2O3/c1-12(21)6-9-16(18(19)23)20-17(22)11-13-7-8-14-4-2-3-5-15(14)10-13/h2-5,7-8,10,16H,6,9,11H2,1H3,(H2,19,23)(H,20,22)/t16-/m0/s1. The number of hydrogen-bond donors (Lipinski definition) is 2. The molecule has 0 bridgehead atoms. The van der Waals surface area contributed by atoms with E-state index in [-0.39, 0.29) is 31.0 Å². The number of carbonyl (C=O) groups excluding carboxylic acids is 3. The Balaban J connectivity index is 2.01. The Hall–Kier alpha value is -2.69. The Labute approximate surface area is 134 Å². The van der Waals surface area contributed by atoms with Crippen LogP contribution in [0.3, 0.4) is 0 Å². The molecule has 0 radical (unpaired) electrons. The SMILES string of the molecule is CC(=O)CC[C@H](NC(=O)Cc1ccc2ccccc2c1)C(N)=O. The second kappa shape index (κ2) is 7.54. The van der Waals surface area contributed by atoms with E-state index in [4.69, 9.17) is 5.73 Å². The summed E-state index contributed by atoms with van der Waals surface area (Å²) in [5.74, 6) is -0.953. The van der Waals surface area contributed by atoms with Gasteiger partial charge in [0, 0.05) is 6.42 Å². The van der Waals surface area contributed by atoms with Crippen LogP contribution in [0.1, 0.15) is 25.3 Å². The number of hydrogen-bond acceptors (Lipinski definition) is 3. The first-order valence-corrected chi connectivity index (χ1v) is 7.51. The Morgan fingerprint density at radius 2 is 1.78 bits per heavy atom. The third-order valence-electron chi connectivity index (χ3n) is 3.64. The van der Waals surface area contributed by atoms with Gasteiger partial charge in [0.1, 0.15) is 11.8 Å². The predicted octanol–water partition coefficient (Wildman–Crippen LogP) is 1.72. The van der Waals surface area contributed by atoms with Crippen LogP contribution in [-0.2, 0) is 20.8 Å². The van der Waals surface area contributed by atoms with E-state index in [0.717, 1.165) is 16.3 Å². The molecular formula is C18H20N2O3. The highest BCUT2D eigenvalue weighted by Crippen LogP contribution is 2.16. The molecule has 0 aromatic heterocycles. The second-order valence-electron chi connectivity index (χ2n) is 5.62. The molecule has 5 nitrogen and oxygen atoms in total. The molecular weight excluding hydrogens is 292 g/mol. The summed E-state index contributed by atoms with van der Waals surface area (Å²) in [5, 5.41) is 4.76. The Morgan fingerprint density at radius 3 is 2.43 bits per heavy atom. The lowest BCUT2D eigenvalue weighted by atomic mass is 10.0. The maximum Gasteiger partial charge on any atom is 0.240 e. The van der Waals surface area contributed by atoms with Gasteiger partial charge in [-0.15, -0.1) is 0 Å².